The molecule has 33 heavy (non-hydrogen) atoms. The van der Waals surface area contributed by atoms with Gasteiger partial charge in [-0.15, -0.1) is 0 Å². The zero-order valence-electron chi connectivity index (χ0n) is 18.5. The van der Waals surface area contributed by atoms with Crippen LogP contribution in [0.3, 0.4) is 0 Å². The number of hydrogen-bond acceptors (Lipinski definition) is 4. The summed E-state index contributed by atoms with van der Waals surface area (Å²) in [5.74, 6) is -0.305. The maximum Gasteiger partial charge on any atom is 0.251 e. The maximum atomic E-state index is 13.1. The minimum absolute atomic E-state index is 0.0951. The van der Waals surface area contributed by atoms with Gasteiger partial charge in [0.05, 0.1) is 4.90 Å². The Morgan fingerprint density at radius 1 is 0.879 bits per heavy atom. The number of sulfonamides is 1. The van der Waals surface area contributed by atoms with Gasteiger partial charge in [0.15, 0.2) is 0 Å². The van der Waals surface area contributed by atoms with Gasteiger partial charge in [-0.25, -0.2) is 8.42 Å². The number of nitrogens with one attached hydrogen (secondary N) is 1. The summed E-state index contributed by atoms with van der Waals surface area (Å²) >= 11 is 0. The molecular weight excluding hydrogens is 438 g/mol. The number of aryl methyl sites for hydroxylation is 1. The summed E-state index contributed by atoms with van der Waals surface area (Å²) in [6.45, 7) is 3.31. The van der Waals surface area contributed by atoms with Crippen LogP contribution in [0.2, 0.25) is 0 Å². The molecule has 0 spiro atoms. The van der Waals surface area contributed by atoms with Crippen LogP contribution in [0.4, 0.5) is 0 Å². The third-order valence-corrected chi connectivity index (χ3v) is 7.75. The lowest BCUT2D eigenvalue weighted by atomic mass is 10.1. The van der Waals surface area contributed by atoms with E-state index in [1.807, 2.05) is 49.4 Å². The summed E-state index contributed by atoms with van der Waals surface area (Å²) in [5.41, 5.74) is 1.56. The van der Waals surface area contributed by atoms with Gasteiger partial charge in [-0.2, -0.15) is 4.31 Å². The van der Waals surface area contributed by atoms with E-state index >= 15 is 0 Å². The first-order valence-corrected chi connectivity index (χ1v) is 12.4. The van der Waals surface area contributed by atoms with E-state index in [4.69, 9.17) is 0 Å². The standard InChI is InChI=1S/C25H27N3O4S/c1-19-5-4-8-22(17-19)25(30)26-12-11-24(29)27-13-15-28(16-14-27)33(31,32)23-10-9-20-6-2-3-7-21(20)18-23/h2-10,17-18H,11-16H2,1H3,(H,26,30). The zero-order valence-corrected chi connectivity index (χ0v) is 19.3. The van der Waals surface area contributed by atoms with Crippen molar-refractivity contribution in [3.05, 3.63) is 77.9 Å². The van der Waals surface area contributed by atoms with E-state index in [2.05, 4.69) is 5.32 Å². The molecule has 3 aromatic carbocycles. The number of rotatable bonds is 6. The van der Waals surface area contributed by atoms with Gasteiger partial charge in [0, 0.05) is 44.7 Å². The van der Waals surface area contributed by atoms with Gasteiger partial charge in [-0.05, 0) is 42.0 Å². The zero-order chi connectivity index (χ0) is 23.4. The van der Waals surface area contributed by atoms with Crippen LogP contribution in [0.5, 0.6) is 0 Å². The largest absolute Gasteiger partial charge is 0.352 e. The van der Waals surface area contributed by atoms with Crippen LogP contribution in [-0.2, 0) is 14.8 Å². The molecular formula is C25H27N3O4S. The number of carbonyl (C=O) groups excluding carboxylic acids is 2. The summed E-state index contributed by atoms with van der Waals surface area (Å²) in [6.07, 6.45) is 0.176. The van der Waals surface area contributed by atoms with Crippen LogP contribution in [0.25, 0.3) is 10.8 Å². The van der Waals surface area contributed by atoms with Crippen LogP contribution in [0, 0.1) is 6.92 Å². The highest BCUT2D eigenvalue weighted by Crippen LogP contribution is 2.23. The molecule has 172 valence electrons. The highest BCUT2D eigenvalue weighted by molar-refractivity contribution is 7.89. The first-order valence-electron chi connectivity index (χ1n) is 11.0. The Morgan fingerprint density at radius 2 is 1.61 bits per heavy atom. The summed E-state index contributed by atoms with van der Waals surface area (Å²) < 4.78 is 27.6. The van der Waals surface area contributed by atoms with Crippen LogP contribution >= 0.6 is 0 Å². The van der Waals surface area contributed by atoms with Gasteiger partial charge in [-0.3, -0.25) is 9.59 Å². The number of benzene rings is 3. The normalized spacial score (nSPS) is 14.9. The predicted octanol–water partition coefficient (Wildman–Crippen LogP) is 2.80. The van der Waals surface area contributed by atoms with E-state index in [0.717, 1.165) is 16.3 Å². The van der Waals surface area contributed by atoms with Gasteiger partial charge in [-0.1, -0.05) is 48.0 Å². The molecule has 7 nitrogen and oxygen atoms in total. The lowest BCUT2D eigenvalue weighted by Gasteiger charge is -2.34. The number of hydrogen-bond donors (Lipinski definition) is 1. The molecule has 2 amide bonds. The fraction of sp³-hybridized carbons (Fsp3) is 0.280. The Bertz CT molecular complexity index is 1280. The van der Waals surface area contributed by atoms with Crippen molar-refractivity contribution in [3.63, 3.8) is 0 Å². The molecule has 3 aromatic rings. The Labute approximate surface area is 194 Å². The fourth-order valence-electron chi connectivity index (χ4n) is 3.98. The topological polar surface area (TPSA) is 86.8 Å². The van der Waals surface area contributed by atoms with Crippen molar-refractivity contribution in [3.8, 4) is 0 Å². The molecule has 0 saturated carbocycles. The molecule has 0 bridgehead atoms. The lowest BCUT2D eigenvalue weighted by molar-refractivity contribution is -0.132. The van der Waals surface area contributed by atoms with Crippen molar-refractivity contribution in [2.75, 3.05) is 32.7 Å². The molecule has 1 heterocycles. The van der Waals surface area contributed by atoms with Gasteiger partial charge < -0.3 is 10.2 Å². The average Bonchev–Trinajstić information content (AvgIpc) is 2.83. The summed E-state index contributed by atoms with van der Waals surface area (Å²) in [4.78, 5) is 26.7. The van der Waals surface area contributed by atoms with E-state index in [0.29, 0.717) is 18.7 Å². The van der Waals surface area contributed by atoms with E-state index in [1.54, 1.807) is 29.2 Å². The van der Waals surface area contributed by atoms with Crippen molar-refractivity contribution < 1.29 is 18.0 Å². The number of piperazine rings is 1. The molecule has 0 aliphatic carbocycles. The summed E-state index contributed by atoms with van der Waals surface area (Å²) in [6, 6.07) is 20.0. The second-order valence-corrected chi connectivity index (χ2v) is 10.1. The van der Waals surface area contributed by atoms with Crippen molar-refractivity contribution in [2.45, 2.75) is 18.2 Å². The van der Waals surface area contributed by atoms with Crippen molar-refractivity contribution in [1.29, 1.82) is 0 Å². The number of carbonyl (C=O) groups is 2. The Morgan fingerprint density at radius 3 is 2.33 bits per heavy atom. The molecule has 0 atom stereocenters. The summed E-state index contributed by atoms with van der Waals surface area (Å²) in [7, 11) is -3.63. The van der Waals surface area contributed by atoms with E-state index < -0.39 is 10.0 Å². The molecule has 1 aliphatic heterocycles. The van der Waals surface area contributed by atoms with Crippen LogP contribution < -0.4 is 5.32 Å². The molecule has 1 aliphatic rings. The maximum absolute atomic E-state index is 13.1. The van der Waals surface area contributed by atoms with Gasteiger partial charge in [0.25, 0.3) is 5.91 Å². The first-order chi connectivity index (χ1) is 15.8. The highest BCUT2D eigenvalue weighted by atomic mass is 32.2. The predicted molar refractivity (Wildman–Crippen MR) is 127 cm³/mol. The second-order valence-electron chi connectivity index (χ2n) is 8.17. The first kappa shape index (κ1) is 22.9. The minimum Gasteiger partial charge on any atom is -0.352 e. The SMILES string of the molecule is Cc1cccc(C(=O)NCCC(=O)N2CCN(S(=O)(=O)c3ccc4ccccc4c3)CC2)c1. The van der Waals surface area contributed by atoms with Crippen LogP contribution in [0.1, 0.15) is 22.3 Å². The third-order valence-electron chi connectivity index (χ3n) is 5.85. The van der Waals surface area contributed by atoms with Crippen LogP contribution in [-0.4, -0.2) is 62.2 Å². The molecule has 0 unspecified atom stereocenters. The minimum atomic E-state index is -3.63. The number of amides is 2. The summed E-state index contributed by atoms with van der Waals surface area (Å²) in [5, 5.41) is 4.63. The molecule has 4 rings (SSSR count). The molecule has 1 saturated heterocycles. The van der Waals surface area contributed by atoms with Crippen molar-refractivity contribution >= 4 is 32.6 Å². The fourth-order valence-corrected chi connectivity index (χ4v) is 5.44. The molecule has 1 fully saturated rings. The Hall–Kier alpha value is -3.23. The Kier molecular flexibility index (Phi) is 6.76. The lowest BCUT2D eigenvalue weighted by Crippen LogP contribution is -2.50. The third kappa shape index (κ3) is 5.23. The highest BCUT2D eigenvalue weighted by Gasteiger charge is 2.30. The number of nitrogens with zero attached hydrogens (tertiary/aromatic N) is 2. The van der Waals surface area contributed by atoms with Gasteiger partial charge >= 0.3 is 0 Å². The molecule has 0 aromatic heterocycles. The smallest absolute Gasteiger partial charge is 0.251 e. The van der Waals surface area contributed by atoms with E-state index in [1.165, 1.54) is 4.31 Å². The Balaban J connectivity index is 1.29. The van der Waals surface area contributed by atoms with Gasteiger partial charge in [0.1, 0.15) is 0 Å². The molecule has 8 heteroatoms. The monoisotopic (exact) mass is 465 g/mol. The molecule has 1 N–H and O–H groups in total. The number of fused-ring (bicyclic) bond motifs is 1. The average molecular weight is 466 g/mol. The van der Waals surface area contributed by atoms with Gasteiger partial charge in [0.2, 0.25) is 15.9 Å². The van der Waals surface area contributed by atoms with Crippen molar-refractivity contribution in [1.82, 2.24) is 14.5 Å². The van der Waals surface area contributed by atoms with Crippen LogP contribution in [0.15, 0.2) is 71.6 Å². The quantitative estimate of drug-likeness (QED) is 0.607. The van der Waals surface area contributed by atoms with E-state index in [9.17, 15) is 18.0 Å². The van der Waals surface area contributed by atoms with E-state index in [-0.39, 0.29) is 42.8 Å². The van der Waals surface area contributed by atoms with Crippen molar-refractivity contribution in [2.24, 2.45) is 0 Å². The molecule has 0 radical (unpaired) electrons. The second kappa shape index (κ2) is 9.72.